The van der Waals surface area contributed by atoms with Crippen LogP contribution in [-0.4, -0.2) is 64.0 Å². The molecule has 0 radical (unpaired) electrons. The van der Waals surface area contributed by atoms with E-state index in [9.17, 15) is 49.8 Å². The summed E-state index contributed by atoms with van der Waals surface area (Å²) >= 11 is 12.6. The lowest BCUT2D eigenvalue weighted by Gasteiger charge is -2.25. The molecule has 0 aliphatic heterocycles. The maximum Gasteiger partial charge on any atom is 0.426 e. The van der Waals surface area contributed by atoms with Crippen LogP contribution in [0.3, 0.4) is 0 Å². The Morgan fingerprint density at radius 2 is 1.74 bits per heavy atom. The van der Waals surface area contributed by atoms with E-state index in [0.29, 0.717) is 0 Å². The summed E-state index contributed by atoms with van der Waals surface area (Å²) < 4.78 is 109. The van der Waals surface area contributed by atoms with Crippen molar-refractivity contribution in [1.29, 1.82) is 0 Å². The third kappa shape index (κ3) is 7.88. The first-order valence-corrected chi connectivity index (χ1v) is 12.6. The number of alkyl halides is 8. The number of rotatable bonds is 10. The molecule has 0 saturated carbocycles. The van der Waals surface area contributed by atoms with Gasteiger partial charge < -0.3 is 30.4 Å². The molecule has 1 aromatic heterocycles. The predicted molar refractivity (Wildman–Crippen MR) is 139 cm³/mol. The van der Waals surface area contributed by atoms with Crippen LogP contribution in [0.15, 0.2) is 24.3 Å². The summed E-state index contributed by atoms with van der Waals surface area (Å²) in [5.41, 5.74) is -3.97. The van der Waals surface area contributed by atoms with Crippen molar-refractivity contribution in [3.63, 3.8) is 0 Å². The molecule has 0 bridgehead atoms. The van der Waals surface area contributed by atoms with E-state index in [-0.39, 0.29) is 45.2 Å². The molecular weight excluding hydrogens is 645 g/mol. The highest BCUT2D eigenvalue weighted by molar-refractivity contribution is 6.39. The maximum absolute atomic E-state index is 12.9. The van der Waals surface area contributed by atoms with E-state index >= 15 is 0 Å². The van der Waals surface area contributed by atoms with Crippen molar-refractivity contribution in [3.8, 4) is 5.75 Å². The van der Waals surface area contributed by atoms with E-state index in [4.69, 9.17) is 27.9 Å². The number of carbonyl (C=O) groups excluding carboxylic acids is 2. The number of benzene rings is 2. The summed E-state index contributed by atoms with van der Waals surface area (Å²) in [5, 5.41) is 15.7. The highest BCUT2D eigenvalue weighted by Gasteiger charge is 2.55. The Morgan fingerprint density at radius 1 is 1.09 bits per heavy atom. The van der Waals surface area contributed by atoms with Gasteiger partial charge in [-0.05, 0) is 24.6 Å². The van der Waals surface area contributed by atoms with Gasteiger partial charge in [0.25, 0.3) is 18.2 Å². The van der Waals surface area contributed by atoms with E-state index in [1.807, 2.05) is 5.32 Å². The summed E-state index contributed by atoms with van der Waals surface area (Å²) in [5.74, 6) is -3.50. The third-order valence-electron chi connectivity index (χ3n) is 5.88. The van der Waals surface area contributed by atoms with Gasteiger partial charge in [-0.1, -0.05) is 29.3 Å². The molecule has 43 heavy (non-hydrogen) atoms. The fraction of sp³-hybridized carbons (Fsp3) is 0.375. The third-order valence-corrected chi connectivity index (χ3v) is 6.63. The second-order valence-electron chi connectivity index (χ2n) is 9.10. The fourth-order valence-corrected chi connectivity index (χ4v) is 4.02. The van der Waals surface area contributed by atoms with Crippen LogP contribution in [0.2, 0.25) is 10.0 Å². The molecule has 0 fully saturated rings. The molecule has 0 aliphatic carbocycles. The molecule has 9 nitrogen and oxygen atoms in total. The monoisotopic (exact) mass is 665 g/mol. The number of ether oxygens (including phenoxy) is 1. The average molecular weight is 666 g/mol. The molecule has 2 amide bonds. The normalized spacial score (nSPS) is 13.6. The van der Waals surface area contributed by atoms with Crippen LogP contribution in [0.5, 0.6) is 5.75 Å². The lowest BCUT2D eigenvalue weighted by Crippen LogP contribution is -2.54. The highest BCUT2D eigenvalue weighted by atomic mass is 35.5. The van der Waals surface area contributed by atoms with Gasteiger partial charge in [0.05, 0.1) is 32.3 Å². The molecular formula is C24H21Cl2F8N5O4. The number of anilines is 2. The summed E-state index contributed by atoms with van der Waals surface area (Å²) in [6.45, 7) is -3.14. The van der Waals surface area contributed by atoms with Gasteiger partial charge in [-0.25, -0.2) is 13.8 Å². The minimum atomic E-state index is -5.25. The SMILES string of the molecule is Cn1c(Nc2c(Cl)ccc(CNC(=O)C(C)(O)C(F)(F)F)c2Cl)nc2cc(C(=O)NCC(F)(F)F)c(OCC(F)F)cc21. The van der Waals surface area contributed by atoms with Gasteiger partial charge in [0.15, 0.2) is 0 Å². The molecule has 1 heterocycles. The lowest BCUT2D eigenvalue weighted by molar-refractivity contribution is -0.245. The summed E-state index contributed by atoms with van der Waals surface area (Å²) in [4.78, 5) is 28.7. The van der Waals surface area contributed by atoms with Crippen LogP contribution in [0, 0.1) is 0 Å². The van der Waals surface area contributed by atoms with Gasteiger partial charge in [0.1, 0.15) is 18.9 Å². The number of nitrogens with one attached hydrogen (secondary N) is 3. The zero-order chi connectivity index (χ0) is 32.5. The van der Waals surface area contributed by atoms with Crippen molar-refractivity contribution in [3.05, 3.63) is 45.4 Å². The molecule has 19 heteroatoms. The van der Waals surface area contributed by atoms with Gasteiger partial charge in [-0.2, -0.15) is 26.3 Å². The van der Waals surface area contributed by atoms with E-state index in [0.717, 1.165) is 12.1 Å². The highest BCUT2D eigenvalue weighted by Crippen LogP contribution is 2.37. The van der Waals surface area contributed by atoms with Gasteiger partial charge in [-0.3, -0.25) is 9.59 Å². The maximum atomic E-state index is 12.9. The molecule has 1 atom stereocenters. The predicted octanol–water partition coefficient (Wildman–Crippen LogP) is 5.49. The van der Waals surface area contributed by atoms with Crippen molar-refractivity contribution >= 4 is 57.7 Å². The Morgan fingerprint density at radius 3 is 2.33 bits per heavy atom. The van der Waals surface area contributed by atoms with Gasteiger partial charge >= 0.3 is 12.4 Å². The molecule has 1 unspecified atom stereocenters. The van der Waals surface area contributed by atoms with Crippen molar-refractivity contribution in [1.82, 2.24) is 20.2 Å². The quantitative estimate of drug-likeness (QED) is 0.213. The van der Waals surface area contributed by atoms with Crippen molar-refractivity contribution in [2.24, 2.45) is 7.05 Å². The second-order valence-corrected chi connectivity index (χ2v) is 9.89. The zero-order valence-electron chi connectivity index (χ0n) is 21.9. The second kappa shape index (κ2) is 12.6. The Balaban J connectivity index is 1.95. The summed E-state index contributed by atoms with van der Waals surface area (Å²) in [6, 6.07) is 4.72. The Bertz CT molecular complexity index is 1530. The lowest BCUT2D eigenvalue weighted by atomic mass is 10.1. The number of amides is 2. The van der Waals surface area contributed by atoms with E-state index < -0.39 is 67.2 Å². The van der Waals surface area contributed by atoms with Crippen molar-refractivity contribution in [2.75, 3.05) is 18.5 Å². The van der Waals surface area contributed by atoms with E-state index in [1.165, 1.54) is 23.7 Å². The molecule has 3 rings (SSSR count). The molecule has 0 aliphatic rings. The number of hydrogen-bond acceptors (Lipinski definition) is 6. The van der Waals surface area contributed by atoms with Crippen LogP contribution in [0.25, 0.3) is 11.0 Å². The minimum Gasteiger partial charge on any atom is -0.487 e. The number of fused-ring (bicyclic) bond motifs is 1. The van der Waals surface area contributed by atoms with Crippen LogP contribution in [-0.2, 0) is 18.4 Å². The van der Waals surface area contributed by atoms with E-state index in [1.54, 1.807) is 5.32 Å². The number of hydrogen-bond donors (Lipinski definition) is 4. The van der Waals surface area contributed by atoms with Crippen LogP contribution in [0.1, 0.15) is 22.8 Å². The number of halogens is 10. The largest absolute Gasteiger partial charge is 0.487 e. The van der Waals surface area contributed by atoms with Crippen LogP contribution < -0.4 is 20.7 Å². The first-order valence-electron chi connectivity index (χ1n) is 11.8. The number of imidazole rings is 1. The Labute approximate surface area is 247 Å². The van der Waals surface area contributed by atoms with Crippen molar-refractivity contribution in [2.45, 2.75) is 37.8 Å². The molecule has 0 spiro atoms. The zero-order valence-corrected chi connectivity index (χ0v) is 23.4. The molecule has 0 saturated heterocycles. The van der Waals surface area contributed by atoms with Crippen LogP contribution >= 0.6 is 23.2 Å². The van der Waals surface area contributed by atoms with Crippen LogP contribution in [0.4, 0.5) is 46.8 Å². The standard InChI is InChI=1S/C24H21Cl2F8N5O4/c1-22(42,24(32,33)34)20(41)35-7-10-3-4-12(25)18(17(10)26)38-21-37-13-5-11(19(40)36-9-23(29,30)31)15(43-8-16(27)28)6-14(13)39(21)2/h3-6,16,42H,7-9H2,1-2H3,(H,35,41)(H,36,40)(H,37,38). The first kappa shape index (κ1) is 33.9. The first-order chi connectivity index (χ1) is 19.7. The minimum absolute atomic E-state index is 0.0107. The summed E-state index contributed by atoms with van der Waals surface area (Å²) in [7, 11) is 1.43. The smallest absolute Gasteiger partial charge is 0.426 e. The number of aromatic nitrogens is 2. The van der Waals surface area contributed by atoms with E-state index in [2.05, 4.69) is 10.3 Å². The Kier molecular flexibility index (Phi) is 9.92. The topological polar surface area (TPSA) is 118 Å². The van der Waals surface area contributed by atoms with Gasteiger partial charge in [-0.15, -0.1) is 0 Å². The molecule has 236 valence electrons. The number of aliphatic hydroxyl groups is 1. The molecule has 3 aromatic rings. The number of nitrogens with zero attached hydrogens (tertiary/aromatic N) is 2. The number of aryl methyl sites for hydroxylation is 1. The Hall–Kier alpha value is -3.57. The summed E-state index contributed by atoms with van der Waals surface area (Å²) in [6.07, 6.45) is -13.0. The average Bonchev–Trinajstić information content (AvgIpc) is 3.20. The molecule has 2 aromatic carbocycles. The van der Waals surface area contributed by atoms with Crippen molar-refractivity contribution < 1.29 is 54.6 Å². The fourth-order valence-electron chi connectivity index (χ4n) is 3.49. The van der Waals surface area contributed by atoms with Gasteiger partial charge in [0.2, 0.25) is 11.5 Å². The molecule has 4 N–H and O–H groups in total. The number of carbonyl (C=O) groups is 2. The van der Waals surface area contributed by atoms with Gasteiger partial charge in [0, 0.05) is 19.7 Å².